The summed E-state index contributed by atoms with van der Waals surface area (Å²) in [5.41, 5.74) is 5.40. The van der Waals surface area contributed by atoms with Crippen LogP contribution in [0.3, 0.4) is 0 Å². The standard InChI is InChI=1S/C59H106NO7P/c1-3-5-7-9-11-13-15-17-19-21-23-25-27-28-29-31-33-35-37-39-41-43-45-47-49-51-54-64-56-58(57-66-68(62,63)65-55-53-60)67-59(61)52-50-48-46-44-42-40-38-36-34-32-30-26-24-22-20-18-16-14-12-10-8-6-4-2/h5,7,11,13,17,19,22-25,28-29,33,35,58H,3-4,6,8-10,12,14-16,18,20-21,26-27,30-32,34,36-57,60H2,1-2H3,(H,62,63)/b7-5-,13-11-,19-17-,24-22-,25-23-,29-28-,35-33-. The van der Waals surface area contributed by atoms with Crippen molar-refractivity contribution in [2.45, 2.75) is 251 Å². The molecule has 0 aromatic heterocycles. The van der Waals surface area contributed by atoms with Crippen molar-refractivity contribution in [2.24, 2.45) is 5.73 Å². The zero-order chi connectivity index (χ0) is 49.4. The van der Waals surface area contributed by atoms with Gasteiger partial charge < -0.3 is 20.1 Å². The highest BCUT2D eigenvalue weighted by atomic mass is 31.2. The lowest BCUT2D eigenvalue weighted by atomic mass is 10.0. The highest BCUT2D eigenvalue weighted by molar-refractivity contribution is 7.47. The SMILES string of the molecule is CC/C=C\C/C=C\C/C=C\C/C=C\C/C=C\C/C=C\CCCCCCCCCOCC(COP(=O)(O)OCCN)OC(=O)CCCCCCCCCCCCC/C=C\CCCCCCCCCC. The van der Waals surface area contributed by atoms with Gasteiger partial charge in [0.15, 0.2) is 0 Å². The topological polar surface area (TPSA) is 117 Å². The van der Waals surface area contributed by atoms with Crippen LogP contribution in [0.15, 0.2) is 85.1 Å². The van der Waals surface area contributed by atoms with E-state index in [-0.39, 0.29) is 32.3 Å². The first-order valence-corrected chi connectivity index (χ1v) is 29.6. The lowest BCUT2D eigenvalue weighted by Crippen LogP contribution is -2.28. The molecule has 394 valence electrons. The van der Waals surface area contributed by atoms with Crippen LogP contribution in [0, 0.1) is 0 Å². The maximum atomic E-state index is 12.7. The van der Waals surface area contributed by atoms with Crippen LogP contribution in [0.1, 0.15) is 245 Å². The number of rotatable bonds is 53. The van der Waals surface area contributed by atoms with Crippen molar-refractivity contribution in [3.8, 4) is 0 Å². The Labute approximate surface area is 419 Å². The van der Waals surface area contributed by atoms with Crippen LogP contribution in [-0.4, -0.2) is 49.9 Å². The summed E-state index contributed by atoms with van der Waals surface area (Å²) in [5.74, 6) is -0.336. The largest absolute Gasteiger partial charge is 0.472 e. The van der Waals surface area contributed by atoms with Gasteiger partial charge in [0, 0.05) is 19.6 Å². The molecule has 8 nitrogen and oxygen atoms in total. The highest BCUT2D eigenvalue weighted by Gasteiger charge is 2.25. The minimum Gasteiger partial charge on any atom is -0.457 e. The van der Waals surface area contributed by atoms with Crippen LogP contribution >= 0.6 is 7.82 Å². The van der Waals surface area contributed by atoms with E-state index in [1.54, 1.807) is 0 Å². The molecule has 0 rings (SSSR count). The van der Waals surface area contributed by atoms with E-state index in [2.05, 4.69) is 98.9 Å². The Morgan fingerprint density at radius 1 is 0.456 bits per heavy atom. The summed E-state index contributed by atoms with van der Waals surface area (Å²) in [5, 5.41) is 0. The Morgan fingerprint density at radius 2 is 0.824 bits per heavy atom. The van der Waals surface area contributed by atoms with Gasteiger partial charge in [0.05, 0.1) is 19.8 Å². The van der Waals surface area contributed by atoms with Gasteiger partial charge in [-0.3, -0.25) is 13.8 Å². The predicted molar refractivity (Wildman–Crippen MR) is 293 cm³/mol. The molecule has 0 spiro atoms. The van der Waals surface area contributed by atoms with Crippen LogP contribution < -0.4 is 5.73 Å². The molecule has 0 saturated heterocycles. The number of ether oxygens (including phenoxy) is 2. The fourth-order valence-corrected chi connectivity index (χ4v) is 8.47. The van der Waals surface area contributed by atoms with Gasteiger partial charge in [-0.1, -0.05) is 234 Å². The van der Waals surface area contributed by atoms with Gasteiger partial charge in [-0.2, -0.15) is 0 Å². The molecule has 3 N–H and O–H groups in total. The first kappa shape index (κ1) is 65.7. The maximum Gasteiger partial charge on any atom is 0.472 e. The minimum atomic E-state index is -4.29. The third kappa shape index (κ3) is 54.6. The fourth-order valence-electron chi connectivity index (χ4n) is 7.70. The molecule has 0 aliphatic rings. The van der Waals surface area contributed by atoms with E-state index in [1.807, 2.05) is 0 Å². The second-order valence-electron chi connectivity index (χ2n) is 18.4. The van der Waals surface area contributed by atoms with Crippen molar-refractivity contribution >= 4 is 13.8 Å². The zero-order valence-electron chi connectivity index (χ0n) is 44.1. The number of hydrogen-bond donors (Lipinski definition) is 2. The van der Waals surface area contributed by atoms with Crippen LogP contribution in [0.25, 0.3) is 0 Å². The molecule has 0 fully saturated rings. The summed E-state index contributed by atoms with van der Waals surface area (Å²) in [6.45, 7) is 4.80. The Kier molecular flexibility index (Phi) is 53.7. The van der Waals surface area contributed by atoms with E-state index in [9.17, 15) is 14.3 Å². The number of carbonyl (C=O) groups is 1. The molecule has 0 aromatic rings. The molecular weight excluding hydrogens is 866 g/mol. The predicted octanol–water partition coefficient (Wildman–Crippen LogP) is 18.0. The van der Waals surface area contributed by atoms with Gasteiger partial charge >= 0.3 is 13.8 Å². The number of phosphoric ester groups is 1. The second kappa shape index (κ2) is 55.6. The van der Waals surface area contributed by atoms with E-state index in [0.29, 0.717) is 13.0 Å². The Hall–Kier alpha value is -2.32. The molecule has 68 heavy (non-hydrogen) atoms. The van der Waals surface area contributed by atoms with Gasteiger partial charge in [0.2, 0.25) is 0 Å². The van der Waals surface area contributed by atoms with Crippen LogP contribution in [-0.2, 0) is 27.9 Å². The van der Waals surface area contributed by atoms with Crippen molar-refractivity contribution in [3.05, 3.63) is 85.1 Å². The number of phosphoric acid groups is 1. The van der Waals surface area contributed by atoms with Crippen molar-refractivity contribution < 1.29 is 32.8 Å². The lowest BCUT2D eigenvalue weighted by Gasteiger charge is -2.20. The average molecular weight is 972 g/mol. The van der Waals surface area contributed by atoms with Crippen molar-refractivity contribution in [3.63, 3.8) is 0 Å². The number of allylic oxidation sites excluding steroid dienone is 14. The summed E-state index contributed by atoms with van der Waals surface area (Å²) < 4.78 is 33.7. The molecule has 0 aromatic carbocycles. The Bertz CT molecular complexity index is 1320. The summed E-state index contributed by atoms with van der Waals surface area (Å²) in [6.07, 6.45) is 73.4. The smallest absolute Gasteiger partial charge is 0.457 e. The van der Waals surface area contributed by atoms with Gasteiger partial charge in [-0.15, -0.1) is 0 Å². The summed E-state index contributed by atoms with van der Waals surface area (Å²) in [6, 6.07) is 0. The quantitative estimate of drug-likeness (QED) is 0.0268. The first-order valence-electron chi connectivity index (χ1n) is 28.1. The second-order valence-corrected chi connectivity index (χ2v) is 19.9. The maximum absolute atomic E-state index is 12.7. The van der Waals surface area contributed by atoms with Crippen molar-refractivity contribution in [2.75, 3.05) is 33.0 Å². The third-order valence-corrected chi connectivity index (χ3v) is 12.8. The first-order chi connectivity index (χ1) is 33.4. The van der Waals surface area contributed by atoms with E-state index >= 15 is 0 Å². The molecule has 2 unspecified atom stereocenters. The normalized spacial score (nSPS) is 13.9. The Balaban J connectivity index is 3.95. The van der Waals surface area contributed by atoms with E-state index in [0.717, 1.165) is 83.5 Å². The zero-order valence-corrected chi connectivity index (χ0v) is 45.0. The highest BCUT2D eigenvalue weighted by Crippen LogP contribution is 2.43. The third-order valence-electron chi connectivity index (χ3n) is 11.8. The molecule has 0 aliphatic heterocycles. The molecule has 0 radical (unpaired) electrons. The molecule has 0 aliphatic carbocycles. The van der Waals surface area contributed by atoms with Gasteiger partial charge in [0.25, 0.3) is 0 Å². The molecular formula is C59H106NO7P. The molecule has 0 amide bonds. The van der Waals surface area contributed by atoms with Crippen LogP contribution in [0.4, 0.5) is 0 Å². The van der Waals surface area contributed by atoms with E-state index in [4.69, 9.17) is 24.3 Å². The monoisotopic (exact) mass is 972 g/mol. The van der Waals surface area contributed by atoms with Crippen molar-refractivity contribution in [1.82, 2.24) is 0 Å². The number of hydrogen-bond acceptors (Lipinski definition) is 7. The molecule has 0 heterocycles. The number of nitrogens with two attached hydrogens (primary N) is 1. The summed E-state index contributed by atoms with van der Waals surface area (Å²) in [7, 11) is -4.29. The molecule has 9 heteroatoms. The summed E-state index contributed by atoms with van der Waals surface area (Å²) >= 11 is 0. The number of esters is 1. The van der Waals surface area contributed by atoms with Crippen molar-refractivity contribution in [1.29, 1.82) is 0 Å². The molecule has 0 bridgehead atoms. The van der Waals surface area contributed by atoms with Crippen LogP contribution in [0.2, 0.25) is 0 Å². The number of carbonyl (C=O) groups excluding carboxylic acids is 1. The lowest BCUT2D eigenvalue weighted by molar-refractivity contribution is -0.154. The van der Waals surface area contributed by atoms with Gasteiger partial charge in [-0.05, 0) is 89.9 Å². The molecule has 0 saturated carbocycles. The van der Waals surface area contributed by atoms with E-state index in [1.165, 1.54) is 141 Å². The van der Waals surface area contributed by atoms with E-state index < -0.39 is 13.9 Å². The Morgan fingerprint density at radius 3 is 1.25 bits per heavy atom. The summed E-state index contributed by atoms with van der Waals surface area (Å²) in [4.78, 5) is 22.7. The molecule has 2 atom stereocenters. The van der Waals surface area contributed by atoms with Gasteiger partial charge in [0.1, 0.15) is 6.10 Å². The average Bonchev–Trinajstić information content (AvgIpc) is 3.33. The van der Waals surface area contributed by atoms with Gasteiger partial charge in [-0.25, -0.2) is 4.57 Å². The fraction of sp³-hybridized carbons (Fsp3) is 0.746. The number of unbranched alkanes of at least 4 members (excludes halogenated alkanes) is 26. The minimum absolute atomic E-state index is 0.0947. The van der Waals surface area contributed by atoms with Crippen LogP contribution in [0.5, 0.6) is 0 Å².